The van der Waals surface area contributed by atoms with Gasteiger partial charge in [-0.2, -0.15) is 0 Å². The predicted octanol–water partition coefficient (Wildman–Crippen LogP) is 1.33. The first-order valence-corrected chi connectivity index (χ1v) is 9.37. The number of benzene rings is 1. The van der Waals surface area contributed by atoms with Gasteiger partial charge < -0.3 is 10.4 Å². The van der Waals surface area contributed by atoms with Crippen LogP contribution in [0.4, 0.5) is 0 Å². The van der Waals surface area contributed by atoms with Crippen molar-refractivity contribution in [1.82, 2.24) is 5.32 Å². The summed E-state index contributed by atoms with van der Waals surface area (Å²) in [5.41, 5.74) is 0.568. The first-order chi connectivity index (χ1) is 10.9. The summed E-state index contributed by atoms with van der Waals surface area (Å²) < 4.78 is 24.2. The molecule has 1 atom stereocenters. The molecular formula is C16H21NO5S. The van der Waals surface area contributed by atoms with E-state index in [2.05, 4.69) is 5.32 Å². The van der Waals surface area contributed by atoms with Gasteiger partial charge in [-0.3, -0.25) is 9.59 Å². The molecule has 1 aliphatic rings. The molecule has 7 heteroatoms. The summed E-state index contributed by atoms with van der Waals surface area (Å²) in [5, 5.41) is 11.3. The average Bonchev–Trinajstić information content (AvgIpc) is 3.03. The van der Waals surface area contributed by atoms with Crippen LogP contribution in [0.3, 0.4) is 0 Å². The quantitative estimate of drug-likeness (QED) is 0.780. The molecular weight excluding hydrogens is 318 g/mol. The summed E-state index contributed by atoms with van der Waals surface area (Å²) in [6, 6.07) is 8.55. The van der Waals surface area contributed by atoms with E-state index < -0.39 is 38.6 Å². The Labute approximate surface area is 135 Å². The number of sulfone groups is 1. The summed E-state index contributed by atoms with van der Waals surface area (Å²) in [7, 11) is -3.45. The molecule has 1 amide bonds. The van der Waals surface area contributed by atoms with Crippen molar-refractivity contribution in [2.45, 2.75) is 36.9 Å². The normalized spacial score (nSPS) is 16.9. The van der Waals surface area contributed by atoms with E-state index in [0.717, 1.165) is 12.8 Å². The van der Waals surface area contributed by atoms with Gasteiger partial charge in [0, 0.05) is 6.54 Å². The second-order valence-corrected chi connectivity index (χ2v) is 8.10. The van der Waals surface area contributed by atoms with E-state index in [1.807, 2.05) is 0 Å². The molecule has 0 bridgehead atoms. The van der Waals surface area contributed by atoms with Crippen molar-refractivity contribution in [2.24, 2.45) is 0 Å². The summed E-state index contributed by atoms with van der Waals surface area (Å²) in [6.45, 7) is -0.127. The van der Waals surface area contributed by atoms with Crippen molar-refractivity contribution in [3.63, 3.8) is 0 Å². The number of aliphatic carboxylic acids is 1. The SMILES string of the molecule is O=C(CS(=O)(=O)C1CCCC1)NCC(C(=O)O)c1ccccc1. The number of amides is 1. The molecule has 0 heterocycles. The van der Waals surface area contributed by atoms with Gasteiger partial charge in [0.1, 0.15) is 5.75 Å². The van der Waals surface area contributed by atoms with Crippen LogP contribution in [0.15, 0.2) is 30.3 Å². The zero-order valence-corrected chi connectivity index (χ0v) is 13.6. The zero-order valence-electron chi connectivity index (χ0n) is 12.8. The maximum absolute atomic E-state index is 12.1. The van der Waals surface area contributed by atoms with Crippen molar-refractivity contribution in [2.75, 3.05) is 12.3 Å². The molecule has 2 N–H and O–H groups in total. The number of rotatable bonds is 7. The Balaban J connectivity index is 1.93. The van der Waals surface area contributed by atoms with E-state index in [9.17, 15) is 23.1 Å². The Hall–Kier alpha value is -1.89. The zero-order chi connectivity index (χ0) is 16.9. The second kappa shape index (κ2) is 7.59. The lowest BCUT2D eigenvalue weighted by molar-refractivity contribution is -0.138. The first kappa shape index (κ1) is 17.5. The molecule has 23 heavy (non-hydrogen) atoms. The van der Waals surface area contributed by atoms with Crippen molar-refractivity contribution in [1.29, 1.82) is 0 Å². The van der Waals surface area contributed by atoms with Crippen molar-refractivity contribution < 1.29 is 23.1 Å². The fraction of sp³-hybridized carbons (Fsp3) is 0.500. The van der Waals surface area contributed by atoms with E-state index in [-0.39, 0.29) is 6.54 Å². The van der Waals surface area contributed by atoms with Gasteiger partial charge in [-0.1, -0.05) is 43.2 Å². The standard InChI is InChI=1S/C16H21NO5S/c18-15(11-23(21,22)13-8-4-5-9-13)17-10-14(16(19)20)12-6-2-1-3-7-12/h1-3,6-7,13-14H,4-5,8-11H2,(H,17,18)(H,19,20). The van der Waals surface area contributed by atoms with Gasteiger partial charge in [0.2, 0.25) is 5.91 Å². The predicted molar refractivity (Wildman–Crippen MR) is 85.9 cm³/mol. The lowest BCUT2D eigenvalue weighted by atomic mass is 9.99. The maximum Gasteiger partial charge on any atom is 0.312 e. The summed E-state index contributed by atoms with van der Waals surface area (Å²) in [4.78, 5) is 23.2. The lowest BCUT2D eigenvalue weighted by Crippen LogP contribution is -2.37. The van der Waals surface area contributed by atoms with Crippen LogP contribution in [0.2, 0.25) is 0 Å². The molecule has 1 saturated carbocycles. The van der Waals surface area contributed by atoms with Gasteiger partial charge >= 0.3 is 5.97 Å². The smallest absolute Gasteiger partial charge is 0.312 e. The van der Waals surface area contributed by atoms with Crippen LogP contribution in [0.5, 0.6) is 0 Å². The molecule has 1 aromatic carbocycles. The number of carboxylic acids is 1. The van der Waals surface area contributed by atoms with Crippen molar-refractivity contribution in [3.8, 4) is 0 Å². The minimum Gasteiger partial charge on any atom is -0.481 e. The van der Waals surface area contributed by atoms with Gasteiger partial charge in [0.05, 0.1) is 11.2 Å². The Morgan fingerprint density at radius 3 is 2.35 bits per heavy atom. The van der Waals surface area contributed by atoms with Crippen molar-refractivity contribution >= 4 is 21.7 Å². The third kappa shape index (κ3) is 4.79. The summed E-state index contributed by atoms with van der Waals surface area (Å²) in [5.74, 6) is -3.16. The Kier molecular flexibility index (Phi) is 5.76. The van der Waals surface area contributed by atoms with Gasteiger partial charge in [-0.05, 0) is 18.4 Å². The highest BCUT2D eigenvalue weighted by molar-refractivity contribution is 7.92. The highest BCUT2D eigenvalue weighted by Gasteiger charge is 2.31. The molecule has 1 fully saturated rings. The number of carbonyl (C=O) groups excluding carboxylic acids is 1. The molecule has 0 radical (unpaired) electrons. The average molecular weight is 339 g/mol. The molecule has 1 aliphatic carbocycles. The molecule has 0 saturated heterocycles. The van der Waals surface area contributed by atoms with Gasteiger partial charge in [-0.15, -0.1) is 0 Å². The maximum atomic E-state index is 12.1. The number of hydrogen-bond acceptors (Lipinski definition) is 4. The van der Waals surface area contributed by atoms with Gasteiger partial charge in [0.15, 0.2) is 9.84 Å². The number of hydrogen-bond donors (Lipinski definition) is 2. The molecule has 126 valence electrons. The Bertz CT molecular complexity index is 650. The van der Waals surface area contributed by atoms with E-state index in [1.54, 1.807) is 30.3 Å². The minimum absolute atomic E-state index is 0.127. The van der Waals surface area contributed by atoms with Crippen LogP contribution in [0.1, 0.15) is 37.2 Å². The van der Waals surface area contributed by atoms with Gasteiger partial charge in [-0.25, -0.2) is 8.42 Å². The van der Waals surface area contributed by atoms with Crippen LogP contribution in [0, 0.1) is 0 Å². The van der Waals surface area contributed by atoms with Crippen LogP contribution < -0.4 is 5.32 Å². The number of carbonyl (C=O) groups is 2. The van der Waals surface area contributed by atoms with Crippen LogP contribution in [0.25, 0.3) is 0 Å². The monoisotopic (exact) mass is 339 g/mol. The summed E-state index contributed by atoms with van der Waals surface area (Å²) >= 11 is 0. The lowest BCUT2D eigenvalue weighted by Gasteiger charge is -2.15. The fourth-order valence-electron chi connectivity index (χ4n) is 2.85. The summed E-state index contributed by atoms with van der Waals surface area (Å²) in [6.07, 6.45) is 2.97. The minimum atomic E-state index is -3.45. The van der Waals surface area contributed by atoms with Crippen LogP contribution in [-0.4, -0.2) is 42.9 Å². The number of nitrogens with one attached hydrogen (secondary N) is 1. The van der Waals surface area contributed by atoms with E-state index >= 15 is 0 Å². The van der Waals surface area contributed by atoms with Crippen LogP contribution >= 0.6 is 0 Å². The van der Waals surface area contributed by atoms with Crippen molar-refractivity contribution in [3.05, 3.63) is 35.9 Å². The molecule has 1 aromatic rings. The molecule has 0 aromatic heterocycles. The Morgan fingerprint density at radius 2 is 1.78 bits per heavy atom. The van der Waals surface area contributed by atoms with E-state index in [4.69, 9.17) is 0 Å². The molecule has 2 rings (SSSR count). The molecule has 6 nitrogen and oxygen atoms in total. The highest BCUT2D eigenvalue weighted by atomic mass is 32.2. The van der Waals surface area contributed by atoms with Gasteiger partial charge in [0.25, 0.3) is 0 Å². The topological polar surface area (TPSA) is 101 Å². The second-order valence-electron chi connectivity index (χ2n) is 5.82. The third-order valence-corrected chi connectivity index (χ3v) is 6.30. The largest absolute Gasteiger partial charge is 0.481 e. The fourth-order valence-corrected chi connectivity index (χ4v) is 4.60. The molecule has 0 aliphatic heterocycles. The Morgan fingerprint density at radius 1 is 1.17 bits per heavy atom. The number of carboxylic acid groups (broad SMARTS) is 1. The molecule has 1 unspecified atom stereocenters. The molecule has 0 spiro atoms. The highest BCUT2D eigenvalue weighted by Crippen LogP contribution is 2.25. The van der Waals surface area contributed by atoms with E-state index in [0.29, 0.717) is 18.4 Å². The van der Waals surface area contributed by atoms with E-state index in [1.165, 1.54) is 0 Å². The van der Waals surface area contributed by atoms with Crippen LogP contribution in [-0.2, 0) is 19.4 Å². The first-order valence-electron chi connectivity index (χ1n) is 7.66. The third-order valence-electron chi connectivity index (χ3n) is 4.15.